The van der Waals surface area contributed by atoms with Crippen molar-refractivity contribution < 1.29 is 9.59 Å². The molecule has 0 atom stereocenters. The van der Waals surface area contributed by atoms with Gasteiger partial charge in [0.1, 0.15) is 6.54 Å². The quantitative estimate of drug-likeness (QED) is 0.477. The third kappa shape index (κ3) is 2.80. The van der Waals surface area contributed by atoms with Crippen molar-refractivity contribution in [3.8, 4) is 0 Å². The van der Waals surface area contributed by atoms with Crippen molar-refractivity contribution in [3.63, 3.8) is 0 Å². The van der Waals surface area contributed by atoms with E-state index in [1.54, 1.807) is 0 Å². The van der Waals surface area contributed by atoms with Gasteiger partial charge >= 0.3 is 6.03 Å². The molecule has 0 saturated carbocycles. The number of imide groups is 1. The van der Waals surface area contributed by atoms with Crippen molar-refractivity contribution in [2.45, 2.75) is 3.67 Å². The molecule has 74 valence electrons. The summed E-state index contributed by atoms with van der Waals surface area (Å²) in [6.07, 6.45) is 0. The molecular weight excluding hydrogens is 258 g/mol. The van der Waals surface area contributed by atoms with Gasteiger partial charge < -0.3 is 5.32 Å². The van der Waals surface area contributed by atoms with E-state index in [4.69, 9.17) is 34.8 Å². The highest BCUT2D eigenvalue weighted by atomic mass is 35.5. The number of carbonyl (C=O) groups is 2. The Hall–Kier alpha value is 0.160. The average molecular weight is 264 g/mol. The summed E-state index contributed by atoms with van der Waals surface area (Å²) in [6.45, 7) is -0.0298. The zero-order valence-corrected chi connectivity index (χ0v) is 9.30. The summed E-state index contributed by atoms with van der Waals surface area (Å²) in [5.41, 5.74) is 0. The van der Waals surface area contributed by atoms with Crippen LogP contribution in [0.2, 0.25) is 0 Å². The maximum absolute atomic E-state index is 11.0. The Bertz CT molecular complexity index is 232. The smallest absolute Gasteiger partial charge is 0.328 e. The molecule has 1 heterocycles. The van der Waals surface area contributed by atoms with Gasteiger partial charge in [-0.15, -0.1) is 11.6 Å². The van der Waals surface area contributed by atoms with Crippen molar-refractivity contribution in [2.24, 2.45) is 0 Å². The summed E-state index contributed by atoms with van der Waals surface area (Å²) >= 11 is 17.4. The Morgan fingerprint density at radius 2 is 2.15 bits per heavy atom. The highest BCUT2D eigenvalue weighted by molar-refractivity contribution is 8.02. The van der Waals surface area contributed by atoms with Gasteiger partial charge in [-0.2, -0.15) is 4.31 Å². The lowest BCUT2D eigenvalue weighted by atomic mass is 10.7. The number of urea groups is 1. The topological polar surface area (TPSA) is 49.4 Å². The molecule has 8 heteroatoms. The van der Waals surface area contributed by atoms with Gasteiger partial charge in [0.25, 0.3) is 5.91 Å². The molecule has 0 unspecified atom stereocenters. The molecule has 0 spiro atoms. The van der Waals surface area contributed by atoms with Gasteiger partial charge in [0.15, 0.2) is 3.67 Å². The molecule has 1 N–H and O–H groups in total. The predicted octanol–water partition coefficient (Wildman–Crippen LogP) is 1.56. The third-order valence-electron chi connectivity index (χ3n) is 1.18. The lowest BCUT2D eigenvalue weighted by molar-refractivity contribution is -0.121. The summed E-state index contributed by atoms with van der Waals surface area (Å²) in [5, 5.41) is 2.32. The summed E-state index contributed by atoms with van der Waals surface area (Å²) in [4.78, 5) is 22.0. The fourth-order valence-electron chi connectivity index (χ4n) is 0.658. The molecule has 1 aliphatic rings. The van der Waals surface area contributed by atoms with Gasteiger partial charge in [-0.05, 0) is 0 Å². The highest BCUT2D eigenvalue weighted by Gasteiger charge is 2.37. The second-order valence-corrected chi connectivity index (χ2v) is 5.65. The van der Waals surface area contributed by atoms with E-state index < -0.39 is 9.70 Å². The van der Waals surface area contributed by atoms with E-state index in [2.05, 4.69) is 5.32 Å². The van der Waals surface area contributed by atoms with Gasteiger partial charge in [-0.25, -0.2) is 4.79 Å². The van der Waals surface area contributed by atoms with Gasteiger partial charge in [0, 0.05) is 11.9 Å². The number of halogens is 3. The monoisotopic (exact) mass is 262 g/mol. The minimum Gasteiger partial charge on any atom is -0.328 e. The Labute approximate surface area is 94.0 Å². The average Bonchev–Trinajstić information content (AvgIpc) is 2.36. The van der Waals surface area contributed by atoms with E-state index in [9.17, 15) is 9.59 Å². The fraction of sp³-hybridized carbons (Fsp3) is 0.600. The molecule has 0 bridgehead atoms. The van der Waals surface area contributed by atoms with Crippen LogP contribution in [-0.2, 0) is 4.79 Å². The van der Waals surface area contributed by atoms with E-state index in [0.29, 0.717) is 11.9 Å². The van der Waals surface area contributed by atoms with Gasteiger partial charge in [-0.3, -0.25) is 4.79 Å². The lowest BCUT2D eigenvalue weighted by Crippen LogP contribution is -2.29. The molecule has 4 nitrogen and oxygen atoms in total. The highest BCUT2D eigenvalue weighted by Crippen LogP contribution is 2.38. The van der Waals surface area contributed by atoms with Crippen molar-refractivity contribution >= 4 is 58.7 Å². The molecule has 0 aromatic heterocycles. The van der Waals surface area contributed by atoms with Crippen molar-refractivity contribution in [3.05, 3.63) is 0 Å². The Morgan fingerprint density at radius 1 is 1.54 bits per heavy atom. The van der Waals surface area contributed by atoms with Crippen LogP contribution in [0.15, 0.2) is 0 Å². The molecule has 13 heavy (non-hydrogen) atoms. The van der Waals surface area contributed by atoms with Crippen LogP contribution >= 0.6 is 46.8 Å². The third-order valence-corrected chi connectivity index (χ3v) is 3.66. The van der Waals surface area contributed by atoms with Crippen LogP contribution in [-0.4, -0.2) is 32.3 Å². The van der Waals surface area contributed by atoms with Crippen LogP contribution in [0.25, 0.3) is 0 Å². The summed E-state index contributed by atoms with van der Waals surface area (Å²) in [7, 11) is 0. The van der Waals surface area contributed by atoms with Gasteiger partial charge in [0.2, 0.25) is 0 Å². The first-order chi connectivity index (χ1) is 5.96. The van der Waals surface area contributed by atoms with E-state index in [-0.39, 0.29) is 18.3 Å². The molecular formula is C5H5Cl3N2O2S. The lowest BCUT2D eigenvalue weighted by Gasteiger charge is -2.19. The molecule has 1 fully saturated rings. The number of hydrogen-bond donors (Lipinski definition) is 1. The van der Waals surface area contributed by atoms with Crippen molar-refractivity contribution in [1.82, 2.24) is 9.62 Å². The van der Waals surface area contributed by atoms with E-state index in [0.717, 1.165) is 4.31 Å². The Morgan fingerprint density at radius 3 is 2.54 bits per heavy atom. The zero-order chi connectivity index (χ0) is 10.1. The van der Waals surface area contributed by atoms with E-state index >= 15 is 0 Å². The van der Waals surface area contributed by atoms with Gasteiger partial charge in [-0.1, -0.05) is 23.2 Å². The first-order valence-electron chi connectivity index (χ1n) is 3.20. The SMILES string of the molecule is O=C1CNC(=O)N1SC(Cl)(Cl)CCl. The predicted molar refractivity (Wildman–Crippen MR) is 53.0 cm³/mol. The van der Waals surface area contributed by atoms with Crippen molar-refractivity contribution in [2.75, 3.05) is 12.4 Å². The number of nitrogens with zero attached hydrogens (tertiary/aromatic N) is 1. The van der Waals surface area contributed by atoms with Crippen LogP contribution in [0.4, 0.5) is 4.79 Å². The molecule has 0 aromatic carbocycles. The van der Waals surface area contributed by atoms with Gasteiger partial charge in [0.05, 0.1) is 5.88 Å². The van der Waals surface area contributed by atoms with E-state index in [1.165, 1.54) is 0 Å². The normalized spacial score (nSPS) is 17.9. The summed E-state index contributed by atoms with van der Waals surface area (Å²) < 4.78 is -0.499. The summed E-state index contributed by atoms with van der Waals surface area (Å²) in [5.74, 6) is -0.469. The first kappa shape index (κ1) is 11.2. The van der Waals surface area contributed by atoms with Crippen molar-refractivity contribution in [1.29, 1.82) is 0 Å². The second-order valence-electron chi connectivity index (χ2n) is 2.21. The van der Waals surface area contributed by atoms with E-state index in [1.807, 2.05) is 0 Å². The minimum atomic E-state index is -1.36. The van der Waals surface area contributed by atoms with Crippen LogP contribution in [0.1, 0.15) is 0 Å². The van der Waals surface area contributed by atoms with Crippen LogP contribution in [0.5, 0.6) is 0 Å². The molecule has 3 amide bonds. The van der Waals surface area contributed by atoms with Crippen LogP contribution < -0.4 is 5.32 Å². The number of carbonyl (C=O) groups excluding carboxylic acids is 2. The first-order valence-corrected chi connectivity index (χ1v) is 5.26. The van der Waals surface area contributed by atoms with Crippen LogP contribution in [0.3, 0.4) is 0 Å². The Balaban J connectivity index is 2.62. The number of hydrogen-bond acceptors (Lipinski definition) is 3. The number of rotatable bonds is 3. The maximum Gasteiger partial charge on any atom is 0.335 e. The number of amides is 3. The minimum absolute atomic E-state index is 0.0298. The molecule has 0 radical (unpaired) electrons. The zero-order valence-electron chi connectivity index (χ0n) is 6.22. The fourth-order valence-corrected chi connectivity index (χ4v) is 1.85. The number of nitrogens with one attached hydrogen (secondary N) is 1. The standard InChI is InChI=1S/C5H5Cl3N2O2S/c6-2-5(7,8)13-10-3(11)1-9-4(10)12/h1-2H2,(H,9,12). The Kier molecular flexibility index (Phi) is 3.57. The summed E-state index contributed by atoms with van der Waals surface area (Å²) in [6, 6.07) is -0.522. The molecule has 0 aliphatic carbocycles. The van der Waals surface area contributed by atoms with Crippen LogP contribution in [0, 0.1) is 0 Å². The maximum atomic E-state index is 11.0. The largest absolute Gasteiger partial charge is 0.335 e. The number of alkyl halides is 3. The second kappa shape index (κ2) is 4.13. The molecule has 1 rings (SSSR count). The molecule has 1 aliphatic heterocycles. The molecule has 1 saturated heterocycles. The molecule has 0 aromatic rings.